The van der Waals surface area contributed by atoms with Crippen LogP contribution in [0.15, 0.2) is 35.1 Å². The molecule has 2 aromatic heterocycles. The Kier molecular flexibility index (Phi) is 4.08. The van der Waals surface area contributed by atoms with E-state index in [4.69, 9.17) is 4.74 Å². The van der Waals surface area contributed by atoms with Gasteiger partial charge in [0.15, 0.2) is 17.1 Å². The van der Waals surface area contributed by atoms with Crippen molar-refractivity contribution in [2.75, 3.05) is 0 Å². The summed E-state index contributed by atoms with van der Waals surface area (Å²) in [6.07, 6.45) is -0.283. The summed E-state index contributed by atoms with van der Waals surface area (Å²) in [7, 11) is 1.57. The Balaban J connectivity index is 2.45. The van der Waals surface area contributed by atoms with E-state index in [0.29, 0.717) is 17.2 Å². The molecule has 0 bridgehead atoms. The SMILES string of the molecule is Cc1nc2c(c(OC(C)C)c(C(=O)O)n2C)c(=O)n1-c1ccccc1. The van der Waals surface area contributed by atoms with Crippen molar-refractivity contribution in [2.45, 2.75) is 26.9 Å². The van der Waals surface area contributed by atoms with Gasteiger partial charge in [-0.2, -0.15) is 0 Å². The first-order chi connectivity index (χ1) is 11.8. The summed E-state index contributed by atoms with van der Waals surface area (Å²) in [6.45, 7) is 5.27. The van der Waals surface area contributed by atoms with Gasteiger partial charge in [-0.15, -0.1) is 0 Å². The van der Waals surface area contributed by atoms with Gasteiger partial charge in [0.2, 0.25) is 0 Å². The molecule has 3 rings (SSSR count). The normalized spacial score (nSPS) is 11.2. The quantitative estimate of drug-likeness (QED) is 0.788. The van der Waals surface area contributed by atoms with E-state index >= 15 is 0 Å². The maximum absolute atomic E-state index is 13.2. The number of para-hydroxylation sites is 1. The molecule has 0 unspecified atom stereocenters. The average Bonchev–Trinajstić information content (AvgIpc) is 2.80. The second-order valence-electron chi connectivity index (χ2n) is 6.04. The maximum atomic E-state index is 13.2. The van der Waals surface area contributed by atoms with Crippen LogP contribution in [-0.4, -0.2) is 31.3 Å². The number of fused-ring (bicyclic) bond motifs is 1. The van der Waals surface area contributed by atoms with Gasteiger partial charge < -0.3 is 14.4 Å². The predicted octanol–water partition coefficient (Wildman–Crippen LogP) is 2.52. The van der Waals surface area contributed by atoms with E-state index in [9.17, 15) is 14.7 Å². The van der Waals surface area contributed by atoms with Crippen molar-refractivity contribution in [2.24, 2.45) is 7.05 Å². The van der Waals surface area contributed by atoms with Crippen molar-refractivity contribution in [3.05, 3.63) is 52.2 Å². The summed E-state index contributed by atoms with van der Waals surface area (Å²) in [4.78, 5) is 29.4. The highest BCUT2D eigenvalue weighted by Crippen LogP contribution is 2.30. The van der Waals surface area contributed by atoms with Crippen LogP contribution in [0.1, 0.15) is 30.2 Å². The smallest absolute Gasteiger partial charge is 0.356 e. The Hall–Kier alpha value is -3.09. The molecule has 0 aliphatic heterocycles. The van der Waals surface area contributed by atoms with E-state index < -0.39 is 5.97 Å². The van der Waals surface area contributed by atoms with Crippen LogP contribution in [0.2, 0.25) is 0 Å². The third-order valence-electron chi connectivity index (χ3n) is 3.90. The number of ether oxygens (including phenoxy) is 1. The zero-order valence-corrected chi connectivity index (χ0v) is 14.5. The zero-order chi connectivity index (χ0) is 18.3. The second kappa shape index (κ2) is 6.08. The zero-order valence-electron chi connectivity index (χ0n) is 14.5. The van der Waals surface area contributed by atoms with Gasteiger partial charge in [0.1, 0.15) is 11.2 Å². The first-order valence-corrected chi connectivity index (χ1v) is 7.90. The van der Waals surface area contributed by atoms with Crippen LogP contribution in [0, 0.1) is 6.92 Å². The van der Waals surface area contributed by atoms with Crippen LogP contribution in [0.25, 0.3) is 16.7 Å². The topological polar surface area (TPSA) is 86.3 Å². The first kappa shape index (κ1) is 16.8. The number of carbonyl (C=O) groups is 1. The fourth-order valence-corrected chi connectivity index (χ4v) is 2.90. The molecule has 3 aromatic rings. The van der Waals surface area contributed by atoms with Gasteiger partial charge in [0, 0.05) is 7.05 Å². The van der Waals surface area contributed by atoms with Crippen molar-refractivity contribution in [1.29, 1.82) is 0 Å². The lowest BCUT2D eigenvalue weighted by atomic mass is 10.2. The molecular weight excluding hydrogens is 322 g/mol. The molecule has 0 saturated carbocycles. The molecule has 1 aromatic carbocycles. The molecule has 0 aliphatic carbocycles. The number of aryl methyl sites for hydroxylation is 2. The summed E-state index contributed by atoms with van der Waals surface area (Å²) in [5, 5.41) is 9.74. The number of rotatable bonds is 4. The molecule has 0 spiro atoms. The molecule has 2 heterocycles. The van der Waals surface area contributed by atoms with Crippen molar-refractivity contribution in [3.8, 4) is 11.4 Å². The van der Waals surface area contributed by atoms with Gasteiger partial charge in [-0.25, -0.2) is 9.78 Å². The van der Waals surface area contributed by atoms with Gasteiger partial charge in [-0.1, -0.05) is 18.2 Å². The lowest BCUT2D eigenvalue weighted by Gasteiger charge is -2.11. The predicted molar refractivity (Wildman–Crippen MR) is 93.8 cm³/mol. The molecule has 0 radical (unpaired) electrons. The molecule has 0 fully saturated rings. The number of aromatic carboxylic acids is 1. The van der Waals surface area contributed by atoms with Crippen LogP contribution in [0.5, 0.6) is 5.75 Å². The first-order valence-electron chi connectivity index (χ1n) is 7.90. The third kappa shape index (κ3) is 2.67. The summed E-state index contributed by atoms with van der Waals surface area (Å²) in [5.74, 6) is -0.640. The van der Waals surface area contributed by atoms with E-state index in [0.717, 1.165) is 0 Å². The maximum Gasteiger partial charge on any atom is 0.356 e. The van der Waals surface area contributed by atoms with Gasteiger partial charge in [-0.05, 0) is 32.9 Å². The Morgan fingerprint density at radius 1 is 1.24 bits per heavy atom. The van der Waals surface area contributed by atoms with Crippen molar-refractivity contribution in [3.63, 3.8) is 0 Å². The van der Waals surface area contributed by atoms with E-state index in [1.54, 1.807) is 40.0 Å². The number of carboxylic acids is 1. The molecule has 1 N–H and O–H groups in total. The number of hydrogen-bond acceptors (Lipinski definition) is 4. The highest BCUT2D eigenvalue weighted by molar-refractivity contribution is 5.99. The Labute approximate surface area is 144 Å². The highest BCUT2D eigenvalue weighted by Gasteiger charge is 2.27. The lowest BCUT2D eigenvalue weighted by Crippen LogP contribution is -2.22. The lowest BCUT2D eigenvalue weighted by molar-refractivity contribution is 0.0680. The monoisotopic (exact) mass is 341 g/mol. The Morgan fingerprint density at radius 3 is 2.44 bits per heavy atom. The molecule has 7 nitrogen and oxygen atoms in total. The average molecular weight is 341 g/mol. The van der Waals surface area contributed by atoms with E-state index in [2.05, 4.69) is 4.98 Å². The van der Waals surface area contributed by atoms with Gasteiger partial charge in [0.05, 0.1) is 11.8 Å². The fourth-order valence-electron chi connectivity index (χ4n) is 2.90. The molecule has 0 atom stereocenters. The van der Waals surface area contributed by atoms with Crippen LogP contribution in [-0.2, 0) is 7.05 Å². The minimum Gasteiger partial charge on any atom is -0.488 e. The minimum absolute atomic E-state index is 0.0576. The Bertz CT molecular complexity index is 1020. The number of nitrogens with zero attached hydrogens (tertiary/aromatic N) is 3. The van der Waals surface area contributed by atoms with Gasteiger partial charge in [-0.3, -0.25) is 9.36 Å². The molecule has 7 heteroatoms. The molecule has 0 amide bonds. The number of aromatic nitrogens is 3. The van der Waals surface area contributed by atoms with Crippen LogP contribution in [0.3, 0.4) is 0 Å². The largest absolute Gasteiger partial charge is 0.488 e. The van der Waals surface area contributed by atoms with Crippen LogP contribution in [0.4, 0.5) is 0 Å². The molecule has 0 saturated heterocycles. The van der Waals surface area contributed by atoms with Crippen molar-refractivity contribution >= 4 is 17.0 Å². The summed E-state index contributed by atoms with van der Waals surface area (Å²) in [5.41, 5.74) is 0.518. The standard InChI is InChI=1S/C18H19N3O4/c1-10(2)25-15-13-16(20(4)14(15)18(23)24)19-11(3)21(17(13)22)12-8-6-5-7-9-12/h5-10H,1-4H3,(H,23,24). The highest BCUT2D eigenvalue weighted by atomic mass is 16.5. The molecular formula is C18H19N3O4. The van der Waals surface area contributed by atoms with Gasteiger partial charge in [0.25, 0.3) is 5.56 Å². The Morgan fingerprint density at radius 2 is 1.88 bits per heavy atom. The summed E-state index contributed by atoms with van der Waals surface area (Å²) >= 11 is 0. The van der Waals surface area contributed by atoms with Crippen molar-refractivity contribution in [1.82, 2.24) is 14.1 Å². The molecule has 130 valence electrons. The van der Waals surface area contributed by atoms with E-state index in [1.807, 2.05) is 18.2 Å². The number of benzene rings is 1. The van der Waals surface area contributed by atoms with E-state index in [-0.39, 0.29) is 28.5 Å². The number of carboxylic acid groups (broad SMARTS) is 1. The van der Waals surface area contributed by atoms with Gasteiger partial charge >= 0.3 is 5.97 Å². The third-order valence-corrected chi connectivity index (χ3v) is 3.90. The van der Waals surface area contributed by atoms with Crippen molar-refractivity contribution < 1.29 is 14.6 Å². The number of hydrogen-bond donors (Lipinski definition) is 1. The molecule has 25 heavy (non-hydrogen) atoms. The fraction of sp³-hybridized carbons (Fsp3) is 0.278. The summed E-state index contributed by atoms with van der Waals surface area (Å²) < 4.78 is 8.54. The van der Waals surface area contributed by atoms with E-state index in [1.165, 1.54) is 9.13 Å². The van der Waals surface area contributed by atoms with Crippen LogP contribution >= 0.6 is 0 Å². The minimum atomic E-state index is -1.17. The molecule has 0 aliphatic rings. The second-order valence-corrected chi connectivity index (χ2v) is 6.04. The summed E-state index contributed by atoms with van der Waals surface area (Å²) in [6, 6.07) is 9.10. The van der Waals surface area contributed by atoms with Crippen LogP contribution < -0.4 is 10.3 Å².